The molecule has 0 aliphatic carbocycles. The van der Waals surface area contributed by atoms with Crippen LogP contribution in [-0.2, 0) is 0 Å². The van der Waals surface area contributed by atoms with Crippen LogP contribution in [0.2, 0.25) is 0 Å². The quantitative estimate of drug-likeness (QED) is 0.166. The third-order valence-corrected chi connectivity index (χ3v) is 10.5. The van der Waals surface area contributed by atoms with Crippen molar-refractivity contribution in [2.45, 2.75) is 0 Å². The highest BCUT2D eigenvalue weighted by atomic mass is 16.3. The van der Waals surface area contributed by atoms with Gasteiger partial charge in [-0.3, -0.25) is 0 Å². The Bertz CT molecular complexity index is 2920. The SMILES string of the molecule is c1ccc(-c2cccc(-c3ccc(N(c4ccccc4-c4cccc5ccccc45)c4ccc(-c5ccccc5)c5oc6ccccc6c45)cc3)c2)cc1. The molecule has 0 aliphatic rings. The Morgan fingerprint density at radius 1 is 0.333 bits per heavy atom. The summed E-state index contributed by atoms with van der Waals surface area (Å²) in [6.45, 7) is 0. The van der Waals surface area contributed by atoms with Crippen molar-refractivity contribution in [1.82, 2.24) is 0 Å². The minimum absolute atomic E-state index is 0.869. The zero-order valence-corrected chi connectivity index (χ0v) is 29.6. The first-order valence-electron chi connectivity index (χ1n) is 18.4. The molecule has 2 nitrogen and oxygen atoms in total. The van der Waals surface area contributed by atoms with Gasteiger partial charge in [-0.2, -0.15) is 0 Å². The van der Waals surface area contributed by atoms with Crippen molar-refractivity contribution >= 4 is 49.8 Å². The Morgan fingerprint density at radius 3 is 1.70 bits per heavy atom. The molecule has 0 aliphatic heterocycles. The van der Waals surface area contributed by atoms with E-state index in [1.807, 2.05) is 6.07 Å². The van der Waals surface area contributed by atoms with Gasteiger partial charge in [0, 0.05) is 22.2 Å². The summed E-state index contributed by atoms with van der Waals surface area (Å²) in [5, 5.41) is 4.61. The molecule has 1 aromatic heterocycles. The predicted molar refractivity (Wildman–Crippen MR) is 228 cm³/mol. The molecule has 0 radical (unpaired) electrons. The van der Waals surface area contributed by atoms with Gasteiger partial charge in [0.1, 0.15) is 11.2 Å². The number of rotatable bonds is 7. The van der Waals surface area contributed by atoms with E-state index in [9.17, 15) is 0 Å². The number of hydrogen-bond acceptors (Lipinski definition) is 2. The fourth-order valence-corrected chi connectivity index (χ4v) is 7.92. The van der Waals surface area contributed by atoms with Crippen molar-refractivity contribution in [3.63, 3.8) is 0 Å². The summed E-state index contributed by atoms with van der Waals surface area (Å²) in [5.41, 5.74) is 14.3. The lowest BCUT2D eigenvalue weighted by molar-refractivity contribution is 0.670. The molecule has 9 aromatic carbocycles. The van der Waals surface area contributed by atoms with Crippen LogP contribution in [-0.4, -0.2) is 0 Å². The highest BCUT2D eigenvalue weighted by Gasteiger charge is 2.24. The van der Waals surface area contributed by atoms with Gasteiger partial charge in [0.2, 0.25) is 0 Å². The van der Waals surface area contributed by atoms with Crippen molar-refractivity contribution in [2.75, 3.05) is 4.90 Å². The number of hydrogen-bond donors (Lipinski definition) is 0. The van der Waals surface area contributed by atoms with Crippen molar-refractivity contribution < 1.29 is 4.42 Å². The predicted octanol–water partition coefficient (Wildman–Crippen LogP) is 14.9. The molecule has 1 heterocycles. The molecular formula is C52H35NO. The van der Waals surface area contributed by atoms with Gasteiger partial charge < -0.3 is 9.32 Å². The molecule has 0 spiro atoms. The normalized spacial score (nSPS) is 11.3. The lowest BCUT2D eigenvalue weighted by atomic mass is 9.95. The van der Waals surface area contributed by atoms with E-state index in [2.05, 4.69) is 211 Å². The van der Waals surface area contributed by atoms with E-state index in [-0.39, 0.29) is 0 Å². The zero-order chi connectivity index (χ0) is 35.8. The van der Waals surface area contributed by atoms with Crippen LogP contribution in [0.15, 0.2) is 217 Å². The van der Waals surface area contributed by atoms with E-state index in [1.165, 1.54) is 33.0 Å². The summed E-state index contributed by atoms with van der Waals surface area (Å²) in [6.07, 6.45) is 0. The van der Waals surface area contributed by atoms with Crippen molar-refractivity contribution in [2.24, 2.45) is 0 Å². The van der Waals surface area contributed by atoms with Gasteiger partial charge in [-0.25, -0.2) is 0 Å². The van der Waals surface area contributed by atoms with E-state index in [1.54, 1.807) is 0 Å². The van der Waals surface area contributed by atoms with Crippen LogP contribution in [0.25, 0.3) is 77.2 Å². The fourth-order valence-electron chi connectivity index (χ4n) is 7.92. The third kappa shape index (κ3) is 5.53. The van der Waals surface area contributed by atoms with E-state index in [0.29, 0.717) is 0 Å². The summed E-state index contributed by atoms with van der Waals surface area (Å²) in [4.78, 5) is 2.42. The topological polar surface area (TPSA) is 16.4 Å². The van der Waals surface area contributed by atoms with Crippen LogP contribution in [0.5, 0.6) is 0 Å². The summed E-state index contributed by atoms with van der Waals surface area (Å²) >= 11 is 0. The first-order chi connectivity index (χ1) is 26.8. The first-order valence-corrected chi connectivity index (χ1v) is 18.4. The maximum atomic E-state index is 6.77. The molecule has 10 aromatic rings. The Labute approximate surface area is 314 Å². The number of furan rings is 1. The number of anilines is 3. The summed E-state index contributed by atoms with van der Waals surface area (Å²) in [7, 11) is 0. The Kier molecular flexibility index (Phi) is 7.85. The van der Waals surface area contributed by atoms with Gasteiger partial charge >= 0.3 is 0 Å². The van der Waals surface area contributed by atoms with Crippen LogP contribution in [0.4, 0.5) is 17.1 Å². The van der Waals surface area contributed by atoms with E-state index < -0.39 is 0 Å². The van der Waals surface area contributed by atoms with Crippen LogP contribution in [0.3, 0.4) is 0 Å². The van der Waals surface area contributed by atoms with Crippen molar-refractivity contribution in [3.05, 3.63) is 212 Å². The van der Waals surface area contributed by atoms with Crippen LogP contribution >= 0.6 is 0 Å². The Balaban J connectivity index is 1.21. The molecule has 0 N–H and O–H groups in total. The molecule has 0 saturated heterocycles. The molecule has 54 heavy (non-hydrogen) atoms. The zero-order valence-electron chi connectivity index (χ0n) is 29.6. The van der Waals surface area contributed by atoms with Gasteiger partial charge in [-0.15, -0.1) is 0 Å². The molecular weight excluding hydrogens is 655 g/mol. The largest absolute Gasteiger partial charge is 0.455 e. The molecule has 0 unspecified atom stereocenters. The number of benzene rings is 9. The molecule has 0 saturated carbocycles. The minimum atomic E-state index is 0.869. The molecule has 0 fully saturated rings. The summed E-state index contributed by atoms with van der Waals surface area (Å²) in [6, 6.07) is 75.8. The minimum Gasteiger partial charge on any atom is -0.455 e. The average Bonchev–Trinajstić information content (AvgIpc) is 3.65. The van der Waals surface area contributed by atoms with Crippen molar-refractivity contribution in [3.8, 4) is 44.5 Å². The highest BCUT2D eigenvalue weighted by molar-refractivity contribution is 6.17. The average molecular weight is 690 g/mol. The summed E-state index contributed by atoms with van der Waals surface area (Å²) in [5.74, 6) is 0. The molecule has 0 amide bonds. The standard InChI is InChI=1S/C52H35NO/c1-3-15-36(16-4-1)40-21-13-22-41(35-40)37-29-31-42(32-30-37)53(48-27-11-9-24-46(48)45-26-14-20-38-19-7-8-23-43(38)45)49-34-33-44(39-17-5-2-6-18-39)52-51(49)47-25-10-12-28-50(47)54-52/h1-35H. The second kappa shape index (κ2) is 13.4. The maximum absolute atomic E-state index is 6.77. The number of fused-ring (bicyclic) bond motifs is 4. The van der Waals surface area contributed by atoms with Gasteiger partial charge in [-0.1, -0.05) is 170 Å². The molecule has 0 atom stereocenters. The van der Waals surface area contributed by atoms with E-state index in [4.69, 9.17) is 4.42 Å². The number of para-hydroxylation sites is 2. The summed E-state index contributed by atoms with van der Waals surface area (Å²) < 4.78 is 6.77. The van der Waals surface area contributed by atoms with Gasteiger partial charge in [0.05, 0.1) is 16.8 Å². The van der Waals surface area contributed by atoms with Crippen LogP contribution in [0, 0.1) is 0 Å². The lowest BCUT2D eigenvalue weighted by Gasteiger charge is -2.29. The van der Waals surface area contributed by atoms with Gasteiger partial charge in [0.25, 0.3) is 0 Å². The second-order valence-electron chi connectivity index (χ2n) is 13.7. The van der Waals surface area contributed by atoms with E-state index in [0.717, 1.165) is 61.3 Å². The fraction of sp³-hybridized carbons (Fsp3) is 0. The molecule has 0 bridgehead atoms. The lowest BCUT2D eigenvalue weighted by Crippen LogP contribution is -2.12. The van der Waals surface area contributed by atoms with Crippen LogP contribution < -0.4 is 4.90 Å². The smallest absolute Gasteiger partial charge is 0.145 e. The third-order valence-electron chi connectivity index (χ3n) is 10.5. The molecule has 10 rings (SSSR count). The van der Waals surface area contributed by atoms with E-state index >= 15 is 0 Å². The second-order valence-corrected chi connectivity index (χ2v) is 13.7. The molecule has 254 valence electrons. The Morgan fingerprint density at radius 2 is 0.907 bits per heavy atom. The monoisotopic (exact) mass is 689 g/mol. The maximum Gasteiger partial charge on any atom is 0.145 e. The first kappa shape index (κ1) is 31.6. The van der Waals surface area contributed by atoms with Gasteiger partial charge in [-0.05, 0) is 86.6 Å². The van der Waals surface area contributed by atoms with Gasteiger partial charge in [0.15, 0.2) is 0 Å². The Hall–Kier alpha value is -7.16. The molecule has 2 heteroatoms. The van der Waals surface area contributed by atoms with Crippen molar-refractivity contribution in [1.29, 1.82) is 0 Å². The number of nitrogens with zero attached hydrogens (tertiary/aromatic N) is 1. The van der Waals surface area contributed by atoms with Crippen LogP contribution in [0.1, 0.15) is 0 Å². The highest BCUT2D eigenvalue weighted by Crippen LogP contribution is 2.49.